The summed E-state index contributed by atoms with van der Waals surface area (Å²) in [4.78, 5) is 12.2. The van der Waals surface area contributed by atoms with Crippen molar-refractivity contribution in [2.24, 2.45) is 0 Å². The van der Waals surface area contributed by atoms with Gasteiger partial charge in [-0.15, -0.1) is 0 Å². The number of fused-ring (bicyclic) bond motifs is 1. The van der Waals surface area contributed by atoms with Gasteiger partial charge in [-0.25, -0.2) is 9.18 Å². The molecule has 1 aliphatic carbocycles. The molecule has 5 nitrogen and oxygen atoms in total. The van der Waals surface area contributed by atoms with Crippen molar-refractivity contribution < 1.29 is 18.5 Å². The second-order valence-corrected chi connectivity index (χ2v) is 6.99. The fraction of sp³-hybridized carbons (Fsp3) is 0.235. The highest BCUT2D eigenvalue weighted by Gasteiger charge is 2.31. The van der Waals surface area contributed by atoms with Gasteiger partial charge in [0.25, 0.3) is 0 Å². The Labute approximate surface area is 141 Å². The van der Waals surface area contributed by atoms with Gasteiger partial charge in [0.15, 0.2) is 0 Å². The number of urea groups is 1. The van der Waals surface area contributed by atoms with Gasteiger partial charge < -0.3 is 15.7 Å². The number of anilines is 1. The lowest BCUT2D eigenvalue weighted by Gasteiger charge is -2.18. The number of benzene rings is 2. The number of nitrogens with one attached hydrogen (secondary N) is 2. The number of carbonyl (C=O) groups excluding carboxylic acids is 1. The summed E-state index contributed by atoms with van der Waals surface area (Å²) in [7, 11) is -1.43. The number of amides is 2. The van der Waals surface area contributed by atoms with Gasteiger partial charge in [-0.2, -0.15) is 0 Å². The van der Waals surface area contributed by atoms with E-state index in [0.717, 1.165) is 17.2 Å². The van der Waals surface area contributed by atoms with E-state index in [9.17, 15) is 18.5 Å². The summed E-state index contributed by atoms with van der Waals surface area (Å²) in [6, 6.07) is 10.4. The van der Waals surface area contributed by atoms with Crippen LogP contribution in [0.2, 0.25) is 0 Å². The van der Waals surface area contributed by atoms with Gasteiger partial charge in [0.05, 0.1) is 27.8 Å². The molecule has 0 aliphatic heterocycles. The maximum atomic E-state index is 13.8. The molecular weight excluding hydrogens is 331 g/mol. The minimum atomic E-state index is -1.43. The average Bonchev–Trinajstić information content (AvgIpc) is 2.83. The maximum Gasteiger partial charge on any atom is 0.319 e. The highest BCUT2D eigenvalue weighted by Crippen LogP contribution is 2.31. The molecule has 2 aromatic rings. The summed E-state index contributed by atoms with van der Waals surface area (Å²) in [6.45, 7) is 0. The largest absolute Gasteiger partial charge is 0.390 e. The lowest BCUT2D eigenvalue weighted by atomic mass is 10.1. The van der Waals surface area contributed by atoms with E-state index >= 15 is 0 Å². The molecule has 3 rings (SSSR count). The molecule has 0 radical (unpaired) electrons. The number of halogens is 1. The minimum Gasteiger partial charge on any atom is -0.390 e. The standard InChI is InChI=1S/C17H17FN2O3S/c1-24(23)15-7-6-11(9-13(15)18)19-17(22)20-16-12-5-3-2-4-10(12)8-14(16)21/h2-7,9,14,16,21H,8H2,1H3,(H2,19,20,22)/t14-,16+,24?/m0/s1. The van der Waals surface area contributed by atoms with Crippen molar-refractivity contribution in [3.63, 3.8) is 0 Å². The monoisotopic (exact) mass is 348 g/mol. The predicted octanol–water partition coefficient (Wildman–Crippen LogP) is 2.34. The van der Waals surface area contributed by atoms with Crippen LogP contribution in [0, 0.1) is 5.82 Å². The second kappa shape index (κ2) is 6.70. The molecule has 2 amide bonds. The van der Waals surface area contributed by atoms with Crippen molar-refractivity contribution in [3.05, 3.63) is 59.4 Å². The first kappa shape index (κ1) is 16.6. The summed E-state index contributed by atoms with van der Waals surface area (Å²) >= 11 is 0. The first-order valence-electron chi connectivity index (χ1n) is 7.42. The highest BCUT2D eigenvalue weighted by atomic mass is 32.2. The van der Waals surface area contributed by atoms with Crippen molar-refractivity contribution >= 4 is 22.5 Å². The first-order chi connectivity index (χ1) is 11.5. The third-order valence-corrected chi connectivity index (χ3v) is 4.94. The van der Waals surface area contributed by atoms with E-state index in [0.29, 0.717) is 6.42 Å². The summed E-state index contributed by atoms with van der Waals surface area (Å²) in [5.74, 6) is -0.639. The van der Waals surface area contributed by atoms with Gasteiger partial charge in [0.1, 0.15) is 5.82 Å². The van der Waals surface area contributed by atoms with E-state index in [1.54, 1.807) is 0 Å². The van der Waals surface area contributed by atoms with Crippen LogP contribution in [0.4, 0.5) is 14.9 Å². The lowest BCUT2D eigenvalue weighted by molar-refractivity contribution is 0.144. The Morgan fingerprint density at radius 2 is 2.04 bits per heavy atom. The Bertz CT molecular complexity index is 812. The van der Waals surface area contributed by atoms with Crippen LogP contribution in [-0.4, -0.2) is 27.7 Å². The van der Waals surface area contributed by atoms with E-state index in [-0.39, 0.29) is 10.6 Å². The fourth-order valence-electron chi connectivity index (χ4n) is 2.87. The van der Waals surface area contributed by atoms with Crippen LogP contribution in [0.3, 0.4) is 0 Å². The van der Waals surface area contributed by atoms with Gasteiger partial charge in [-0.05, 0) is 29.3 Å². The van der Waals surface area contributed by atoms with Crippen LogP contribution >= 0.6 is 0 Å². The van der Waals surface area contributed by atoms with Gasteiger partial charge >= 0.3 is 6.03 Å². The summed E-state index contributed by atoms with van der Waals surface area (Å²) < 4.78 is 25.1. The third-order valence-electron chi connectivity index (χ3n) is 3.99. The smallest absolute Gasteiger partial charge is 0.319 e. The Morgan fingerprint density at radius 1 is 1.29 bits per heavy atom. The SMILES string of the molecule is CS(=O)c1ccc(NC(=O)N[C@@H]2c3ccccc3C[C@@H]2O)cc1F. The Morgan fingerprint density at radius 3 is 2.75 bits per heavy atom. The zero-order valence-electron chi connectivity index (χ0n) is 13.0. The molecule has 0 bridgehead atoms. The van der Waals surface area contributed by atoms with Gasteiger partial charge in [0, 0.05) is 18.4 Å². The molecule has 0 spiro atoms. The number of aliphatic hydroxyl groups is 1. The normalized spacial score (nSPS) is 20.3. The zero-order chi connectivity index (χ0) is 17.3. The van der Waals surface area contributed by atoms with Crippen molar-refractivity contribution in [1.82, 2.24) is 5.32 Å². The Balaban J connectivity index is 1.70. The predicted molar refractivity (Wildman–Crippen MR) is 89.8 cm³/mol. The molecule has 7 heteroatoms. The summed E-state index contributed by atoms with van der Waals surface area (Å²) in [6.07, 6.45) is 1.17. The first-order valence-corrected chi connectivity index (χ1v) is 8.98. The van der Waals surface area contributed by atoms with E-state index in [4.69, 9.17) is 0 Å². The van der Waals surface area contributed by atoms with E-state index in [1.165, 1.54) is 18.4 Å². The highest BCUT2D eigenvalue weighted by molar-refractivity contribution is 7.84. The van der Waals surface area contributed by atoms with Crippen molar-refractivity contribution in [3.8, 4) is 0 Å². The molecule has 24 heavy (non-hydrogen) atoms. The molecule has 0 heterocycles. The van der Waals surface area contributed by atoms with Crippen LogP contribution in [0.5, 0.6) is 0 Å². The molecule has 3 atom stereocenters. The number of aliphatic hydroxyl groups excluding tert-OH is 1. The summed E-state index contributed by atoms with van der Waals surface area (Å²) in [5.41, 5.74) is 2.12. The number of hydrogen-bond donors (Lipinski definition) is 3. The fourth-order valence-corrected chi connectivity index (χ4v) is 3.46. The van der Waals surface area contributed by atoms with E-state index in [2.05, 4.69) is 10.6 Å². The number of hydrogen-bond acceptors (Lipinski definition) is 3. The lowest BCUT2D eigenvalue weighted by Crippen LogP contribution is -2.36. The van der Waals surface area contributed by atoms with Crippen LogP contribution in [0.25, 0.3) is 0 Å². The molecule has 0 fully saturated rings. The molecule has 0 aromatic heterocycles. The van der Waals surface area contributed by atoms with Crippen LogP contribution < -0.4 is 10.6 Å². The average molecular weight is 348 g/mol. The minimum absolute atomic E-state index is 0.0844. The van der Waals surface area contributed by atoms with Crippen LogP contribution in [-0.2, 0) is 17.2 Å². The van der Waals surface area contributed by atoms with Crippen LogP contribution in [0.15, 0.2) is 47.4 Å². The van der Waals surface area contributed by atoms with E-state index in [1.807, 2.05) is 24.3 Å². The summed E-state index contributed by atoms with van der Waals surface area (Å²) in [5, 5.41) is 15.4. The molecule has 1 aliphatic rings. The zero-order valence-corrected chi connectivity index (χ0v) is 13.8. The van der Waals surface area contributed by atoms with Crippen molar-refractivity contribution in [2.45, 2.75) is 23.5 Å². The van der Waals surface area contributed by atoms with Gasteiger partial charge in [-0.3, -0.25) is 4.21 Å². The Hall–Kier alpha value is -2.25. The van der Waals surface area contributed by atoms with Gasteiger partial charge in [-0.1, -0.05) is 24.3 Å². The molecular formula is C17H17FN2O3S. The molecule has 3 N–H and O–H groups in total. The molecule has 1 unspecified atom stereocenters. The maximum absolute atomic E-state index is 13.8. The second-order valence-electron chi connectivity index (χ2n) is 5.65. The topological polar surface area (TPSA) is 78.4 Å². The molecule has 2 aromatic carbocycles. The van der Waals surface area contributed by atoms with Crippen molar-refractivity contribution in [2.75, 3.05) is 11.6 Å². The van der Waals surface area contributed by atoms with Crippen LogP contribution in [0.1, 0.15) is 17.2 Å². The van der Waals surface area contributed by atoms with Crippen molar-refractivity contribution in [1.29, 1.82) is 0 Å². The molecule has 126 valence electrons. The molecule has 0 saturated heterocycles. The van der Waals surface area contributed by atoms with Gasteiger partial charge in [0.2, 0.25) is 0 Å². The number of carbonyl (C=O) groups is 1. The van der Waals surface area contributed by atoms with E-state index < -0.39 is 34.8 Å². The number of rotatable bonds is 3. The molecule has 0 saturated carbocycles. The quantitative estimate of drug-likeness (QED) is 0.797. The Kier molecular flexibility index (Phi) is 4.64. The third kappa shape index (κ3) is 3.32.